The number of hydrogen-bond acceptors (Lipinski definition) is 6. The first-order chi connectivity index (χ1) is 10.6. The van der Waals surface area contributed by atoms with Crippen LogP contribution in [0.5, 0.6) is 0 Å². The van der Waals surface area contributed by atoms with E-state index in [9.17, 15) is 14.4 Å². The summed E-state index contributed by atoms with van der Waals surface area (Å²) in [6.45, 7) is 0.728. The summed E-state index contributed by atoms with van der Waals surface area (Å²) in [7, 11) is 0. The average Bonchev–Trinajstić information content (AvgIpc) is 2.98. The van der Waals surface area contributed by atoms with Crippen molar-refractivity contribution >= 4 is 29.5 Å². The molecule has 3 atom stereocenters. The summed E-state index contributed by atoms with van der Waals surface area (Å²) in [5, 5.41) is 5.22. The summed E-state index contributed by atoms with van der Waals surface area (Å²) in [6.07, 6.45) is 3.87. The first-order valence-electron chi connectivity index (χ1n) is 7.43. The highest BCUT2D eigenvalue weighted by atomic mass is 32.2. The Kier molecular flexibility index (Phi) is 6.47. The Labute approximate surface area is 133 Å². The van der Waals surface area contributed by atoms with Gasteiger partial charge in [0.1, 0.15) is 17.5 Å². The highest BCUT2D eigenvalue weighted by Crippen LogP contribution is 2.23. The zero-order valence-corrected chi connectivity index (χ0v) is 13.1. The zero-order chi connectivity index (χ0) is 15.9. The molecule has 0 radical (unpaired) electrons. The quantitative estimate of drug-likeness (QED) is 0.281. The number of carbonyl (C=O) groups is 3. The van der Waals surface area contributed by atoms with E-state index in [-0.39, 0.29) is 17.3 Å². The normalized spacial score (nSPS) is 26.1. The van der Waals surface area contributed by atoms with Crippen molar-refractivity contribution in [3.63, 3.8) is 0 Å². The van der Waals surface area contributed by atoms with Crippen LogP contribution in [0.3, 0.4) is 0 Å². The zero-order valence-electron chi connectivity index (χ0n) is 12.3. The molecule has 8 nitrogen and oxygen atoms in total. The van der Waals surface area contributed by atoms with Crippen LogP contribution in [0.1, 0.15) is 32.1 Å². The molecule has 3 amide bonds. The van der Waals surface area contributed by atoms with Crippen molar-refractivity contribution in [2.45, 2.75) is 49.6 Å². The molecule has 0 spiro atoms. The van der Waals surface area contributed by atoms with Crippen molar-refractivity contribution in [2.75, 3.05) is 12.4 Å². The van der Waals surface area contributed by atoms with Gasteiger partial charge >= 0.3 is 0 Å². The molecule has 2 aliphatic heterocycles. The van der Waals surface area contributed by atoms with Crippen LogP contribution in [0, 0.1) is 0 Å². The number of rotatable bonds is 6. The lowest BCUT2D eigenvalue weighted by Crippen LogP contribution is -2.54. The lowest BCUT2D eigenvalue weighted by atomic mass is 10.2. The number of carbonyl (C=O) groups excluding carboxylic acids is 3. The molecular formula is C13H22N4O4S. The second-order valence-electron chi connectivity index (χ2n) is 5.36. The molecule has 124 valence electrons. The monoisotopic (exact) mass is 330 g/mol. The van der Waals surface area contributed by atoms with Gasteiger partial charge in [-0.1, -0.05) is 0 Å². The molecule has 2 fully saturated rings. The van der Waals surface area contributed by atoms with E-state index in [1.807, 2.05) is 0 Å². The summed E-state index contributed by atoms with van der Waals surface area (Å²) in [6, 6.07) is -1.32. The van der Waals surface area contributed by atoms with Gasteiger partial charge in [0, 0.05) is 18.8 Å². The molecule has 2 rings (SSSR count). The number of amides is 3. The Bertz CT molecular complexity index is 428. The Morgan fingerprint density at radius 3 is 2.82 bits per heavy atom. The maximum atomic E-state index is 12.1. The molecule has 2 aliphatic rings. The molecule has 2 heterocycles. The second-order valence-corrected chi connectivity index (χ2v) is 6.55. The molecule has 5 N–H and O–H groups in total. The fraction of sp³-hybridized carbons (Fsp3) is 0.769. The van der Waals surface area contributed by atoms with Gasteiger partial charge in [0.25, 0.3) is 5.91 Å². The molecule has 0 saturated carbocycles. The number of nitrogens with one attached hydrogen (secondary N) is 3. The van der Waals surface area contributed by atoms with E-state index in [4.69, 9.17) is 10.6 Å². The first-order valence-corrected chi connectivity index (χ1v) is 8.48. The molecule has 9 heteroatoms. The van der Waals surface area contributed by atoms with E-state index in [2.05, 4.69) is 16.1 Å². The Morgan fingerprint density at radius 2 is 2.23 bits per heavy atom. The topological polar surface area (TPSA) is 123 Å². The van der Waals surface area contributed by atoms with Crippen LogP contribution < -0.4 is 21.9 Å². The lowest BCUT2D eigenvalue weighted by molar-refractivity contribution is -0.130. The Hall–Kier alpha value is -1.32. The van der Waals surface area contributed by atoms with Crippen molar-refractivity contribution in [3.8, 4) is 0 Å². The van der Waals surface area contributed by atoms with Crippen LogP contribution in [0.2, 0.25) is 0 Å². The highest BCUT2D eigenvalue weighted by molar-refractivity contribution is 7.99. The van der Waals surface area contributed by atoms with E-state index in [1.165, 1.54) is 11.8 Å². The molecular weight excluding hydrogens is 308 g/mol. The first kappa shape index (κ1) is 17.0. The van der Waals surface area contributed by atoms with Gasteiger partial charge in [0.05, 0.1) is 0 Å². The molecule has 22 heavy (non-hydrogen) atoms. The maximum Gasteiger partial charge on any atom is 0.257 e. The van der Waals surface area contributed by atoms with Crippen LogP contribution in [-0.2, 0) is 19.1 Å². The molecule has 0 aromatic rings. The number of nitrogens with two attached hydrogens (primary N) is 1. The minimum atomic E-state index is -0.745. The van der Waals surface area contributed by atoms with Gasteiger partial charge in [-0.3, -0.25) is 19.8 Å². The molecule has 0 aromatic carbocycles. The van der Waals surface area contributed by atoms with Crippen LogP contribution in [0.15, 0.2) is 0 Å². The van der Waals surface area contributed by atoms with E-state index in [0.29, 0.717) is 18.6 Å². The van der Waals surface area contributed by atoms with Gasteiger partial charge in [0.15, 0.2) is 0 Å². The van der Waals surface area contributed by atoms with Gasteiger partial charge in [0.2, 0.25) is 11.8 Å². The molecule has 0 unspecified atom stereocenters. The predicted molar refractivity (Wildman–Crippen MR) is 81.5 cm³/mol. The highest BCUT2D eigenvalue weighted by Gasteiger charge is 2.30. The van der Waals surface area contributed by atoms with Crippen LogP contribution in [0.25, 0.3) is 0 Å². The summed E-state index contributed by atoms with van der Waals surface area (Å²) in [5.74, 6) is 4.58. The number of thioether (sulfide) groups is 1. The van der Waals surface area contributed by atoms with E-state index >= 15 is 0 Å². The Balaban J connectivity index is 1.84. The fourth-order valence-corrected chi connectivity index (χ4v) is 3.58. The third-order valence-electron chi connectivity index (χ3n) is 3.67. The molecule has 0 aromatic heterocycles. The van der Waals surface area contributed by atoms with Crippen molar-refractivity contribution < 1.29 is 19.1 Å². The fourth-order valence-electron chi connectivity index (χ4n) is 2.41. The van der Waals surface area contributed by atoms with E-state index < -0.39 is 18.0 Å². The molecule has 0 bridgehead atoms. The lowest BCUT2D eigenvalue weighted by Gasteiger charge is -2.25. The van der Waals surface area contributed by atoms with Crippen molar-refractivity contribution in [1.29, 1.82) is 0 Å². The summed E-state index contributed by atoms with van der Waals surface area (Å²) < 4.78 is 5.59. The summed E-state index contributed by atoms with van der Waals surface area (Å²) in [4.78, 5) is 35.0. The number of hydrazine groups is 1. The average molecular weight is 330 g/mol. The second kappa shape index (κ2) is 8.35. The van der Waals surface area contributed by atoms with Gasteiger partial charge in [-0.15, -0.1) is 11.8 Å². The van der Waals surface area contributed by atoms with Crippen molar-refractivity contribution in [1.82, 2.24) is 16.1 Å². The van der Waals surface area contributed by atoms with Gasteiger partial charge in [-0.05, 0) is 25.7 Å². The van der Waals surface area contributed by atoms with Crippen molar-refractivity contribution in [3.05, 3.63) is 0 Å². The third-order valence-corrected chi connectivity index (χ3v) is 4.94. The van der Waals surface area contributed by atoms with E-state index in [1.54, 1.807) is 0 Å². The molecule has 0 aliphatic carbocycles. The van der Waals surface area contributed by atoms with Crippen molar-refractivity contribution in [2.24, 2.45) is 5.84 Å². The standard InChI is InChI=1S/C13H22N4O4S/c14-17-13(20)9(7-22-11-3-1-2-6-21-11)16-12(19)8-4-5-10(18)15-8/h8-9,11H,1-7,14H2,(H,15,18)(H,16,19)(H,17,20)/t8-,9+,11+/m0/s1. The van der Waals surface area contributed by atoms with Gasteiger partial charge < -0.3 is 15.4 Å². The van der Waals surface area contributed by atoms with E-state index in [0.717, 1.165) is 25.9 Å². The van der Waals surface area contributed by atoms with Gasteiger partial charge in [-0.2, -0.15) is 0 Å². The van der Waals surface area contributed by atoms with Crippen LogP contribution in [0.4, 0.5) is 0 Å². The maximum absolute atomic E-state index is 12.1. The number of hydrogen-bond donors (Lipinski definition) is 4. The van der Waals surface area contributed by atoms with Crippen LogP contribution >= 0.6 is 11.8 Å². The minimum absolute atomic E-state index is 0.0462. The minimum Gasteiger partial charge on any atom is -0.368 e. The summed E-state index contributed by atoms with van der Waals surface area (Å²) in [5.41, 5.74) is 2.11. The third kappa shape index (κ3) is 4.85. The Morgan fingerprint density at radius 1 is 1.41 bits per heavy atom. The van der Waals surface area contributed by atoms with Gasteiger partial charge in [-0.25, -0.2) is 5.84 Å². The summed E-state index contributed by atoms with van der Waals surface area (Å²) >= 11 is 1.49. The molecule has 2 saturated heterocycles. The van der Waals surface area contributed by atoms with Crippen LogP contribution in [-0.4, -0.2) is 47.6 Å². The smallest absolute Gasteiger partial charge is 0.257 e. The SMILES string of the molecule is NNC(=O)[C@@H](CS[C@@H]1CCCCO1)NC(=O)[C@@H]1CCC(=O)N1. The predicted octanol–water partition coefficient (Wildman–Crippen LogP) is -1.00. The number of ether oxygens (including phenoxy) is 1. The largest absolute Gasteiger partial charge is 0.368 e.